The van der Waals surface area contributed by atoms with Crippen molar-refractivity contribution in [1.29, 1.82) is 0 Å². The number of nitrogens with zero attached hydrogens (tertiary/aromatic N) is 3. The van der Waals surface area contributed by atoms with Crippen molar-refractivity contribution in [3.63, 3.8) is 0 Å². The molecule has 0 spiro atoms. The lowest BCUT2D eigenvalue weighted by Gasteiger charge is -2.23. The van der Waals surface area contributed by atoms with E-state index >= 15 is 0 Å². The van der Waals surface area contributed by atoms with E-state index in [2.05, 4.69) is 53.9 Å². The second-order valence-electron chi connectivity index (χ2n) is 7.10. The standard InChI is InChI=1S/C20H31N5O.HI/c1-5-22-19(23-11-8-13-25-14-12-21-16-25)24-15-17-9-6-7-10-18(17)26-20(2,3)4;/h6-7,9-10,12,14,16H,5,8,11,13,15H2,1-4H3,(H2,22,23,24);1H. The summed E-state index contributed by atoms with van der Waals surface area (Å²) in [5, 5.41) is 6.68. The molecule has 150 valence electrons. The highest BCUT2D eigenvalue weighted by Gasteiger charge is 2.14. The van der Waals surface area contributed by atoms with Gasteiger partial charge in [-0.25, -0.2) is 9.98 Å². The van der Waals surface area contributed by atoms with Gasteiger partial charge in [-0.05, 0) is 40.2 Å². The minimum absolute atomic E-state index is 0. The minimum atomic E-state index is -0.226. The molecule has 0 unspecified atom stereocenters. The lowest BCUT2D eigenvalue weighted by atomic mass is 10.1. The van der Waals surface area contributed by atoms with Crippen LogP contribution in [0.15, 0.2) is 48.0 Å². The maximum atomic E-state index is 6.05. The molecule has 2 N–H and O–H groups in total. The van der Waals surface area contributed by atoms with Crippen LogP contribution in [0.4, 0.5) is 0 Å². The van der Waals surface area contributed by atoms with Gasteiger partial charge in [0.25, 0.3) is 0 Å². The lowest BCUT2D eigenvalue weighted by Crippen LogP contribution is -2.38. The Morgan fingerprint density at radius 1 is 1.22 bits per heavy atom. The molecule has 0 aliphatic rings. The highest BCUT2D eigenvalue weighted by Crippen LogP contribution is 2.23. The zero-order valence-electron chi connectivity index (χ0n) is 16.7. The molecule has 7 heteroatoms. The Morgan fingerprint density at radius 3 is 2.67 bits per heavy atom. The van der Waals surface area contributed by atoms with Gasteiger partial charge in [0.1, 0.15) is 11.4 Å². The Hall–Kier alpha value is -1.77. The van der Waals surface area contributed by atoms with E-state index in [0.29, 0.717) is 6.54 Å². The second kappa shape index (κ2) is 11.8. The number of hydrogen-bond donors (Lipinski definition) is 2. The number of nitrogens with one attached hydrogen (secondary N) is 2. The molecule has 0 aliphatic carbocycles. The molecule has 1 heterocycles. The van der Waals surface area contributed by atoms with Crippen molar-refractivity contribution < 1.29 is 4.74 Å². The molecule has 0 amide bonds. The molecular formula is C20H32IN5O. The number of rotatable bonds is 8. The van der Waals surface area contributed by atoms with Crippen molar-refractivity contribution in [1.82, 2.24) is 20.2 Å². The van der Waals surface area contributed by atoms with E-state index in [4.69, 9.17) is 9.73 Å². The Labute approximate surface area is 179 Å². The molecule has 6 nitrogen and oxygen atoms in total. The van der Waals surface area contributed by atoms with Crippen LogP contribution in [0.25, 0.3) is 0 Å². The molecule has 27 heavy (non-hydrogen) atoms. The number of aryl methyl sites for hydroxylation is 1. The SMILES string of the molecule is CCNC(=NCc1ccccc1OC(C)(C)C)NCCCn1ccnc1.I. The van der Waals surface area contributed by atoms with E-state index in [1.165, 1.54) is 0 Å². The third-order valence-corrected chi connectivity index (χ3v) is 3.59. The number of aromatic nitrogens is 2. The van der Waals surface area contributed by atoms with Gasteiger partial charge in [0.05, 0.1) is 12.9 Å². The fourth-order valence-electron chi connectivity index (χ4n) is 2.46. The molecule has 1 aromatic heterocycles. The summed E-state index contributed by atoms with van der Waals surface area (Å²) in [4.78, 5) is 8.76. The summed E-state index contributed by atoms with van der Waals surface area (Å²) in [7, 11) is 0. The highest BCUT2D eigenvalue weighted by molar-refractivity contribution is 14.0. The van der Waals surface area contributed by atoms with Gasteiger partial charge in [0, 0.05) is 37.6 Å². The van der Waals surface area contributed by atoms with E-state index in [-0.39, 0.29) is 29.6 Å². The molecule has 0 atom stereocenters. The predicted octanol–water partition coefficient (Wildman–Crippen LogP) is 3.82. The van der Waals surface area contributed by atoms with Crippen LogP contribution in [0, 0.1) is 0 Å². The summed E-state index contributed by atoms with van der Waals surface area (Å²) in [5.41, 5.74) is 0.855. The van der Waals surface area contributed by atoms with E-state index in [9.17, 15) is 0 Å². The average molecular weight is 485 g/mol. The van der Waals surface area contributed by atoms with Gasteiger partial charge in [0.15, 0.2) is 5.96 Å². The molecule has 0 fully saturated rings. The number of imidazole rings is 1. The van der Waals surface area contributed by atoms with Crippen LogP contribution in [0.1, 0.15) is 39.7 Å². The monoisotopic (exact) mass is 485 g/mol. The van der Waals surface area contributed by atoms with Crippen molar-refractivity contribution in [2.24, 2.45) is 4.99 Å². The maximum Gasteiger partial charge on any atom is 0.191 e. The number of aliphatic imine (C=N–C) groups is 1. The molecular weight excluding hydrogens is 453 g/mol. The first-order chi connectivity index (χ1) is 12.5. The van der Waals surface area contributed by atoms with Gasteiger partial charge < -0.3 is 19.9 Å². The quantitative estimate of drug-likeness (QED) is 0.258. The van der Waals surface area contributed by atoms with Crippen LogP contribution >= 0.6 is 24.0 Å². The number of halogens is 1. The molecule has 0 bridgehead atoms. The van der Waals surface area contributed by atoms with Crippen molar-refractivity contribution in [2.75, 3.05) is 13.1 Å². The Bertz CT molecular complexity index is 680. The molecule has 2 aromatic rings. The normalized spacial score (nSPS) is 11.6. The lowest BCUT2D eigenvalue weighted by molar-refractivity contribution is 0.129. The molecule has 0 saturated heterocycles. The summed E-state index contributed by atoms with van der Waals surface area (Å²) in [6.07, 6.45) is 6.62. The Balaban J connectivity index is 0.00000364. The van der Waals surface area contributed by atoms with E-state index in [0.717, 1.165) is 43.3 Å². The van der Waals surface area contributed by atoms with Crippen molar-refractivity contribution in [3.8, 4) is 5.75 Å². The van der Waals surface area contributed by atoms with Crippen LogP contribution in [-0.2, 0) is 13.1 Å². The third kappa shape index (κ3) is 9.12. The number of para-hydroxylation sites is 1. The third-order valence-electron chi connectivity index (χ3n) is 3.59. The van der Waals surface area contributed by atoms with Crippen LogP contribution in [0.5, 0.6) is 5.75 Å². The van der Waals surface area contributed by atoms with Gasteiger partial charge in [-0.2, -0.15) is 0 Å². The zero-order valence-corrected chi connectivity index (χ0v) is 19.1. The number of benzene rings is 1. The van der Waals surface area contributed by atoms with E-state index in [1.807, 2.05) is 30.7 Å². The van der Waals surface area contributed by atoms with E-state index < -0.39 is 0 Å². The first-order valence-corrected chi connectivity index (χ1v) is 9.23. The van der Waals surface area contributed by atoms with Crippen molar-refractivity contribution in [2.45, 2.75) is 52.8 Å². The Kier molecular flexibility index (Phi) is 10.2. The van der Waals surface area contributed by atoms with Gasteiger partial charge in [-0.1, -0.05) is 18.2 Å². The summed E-state index contributed by atoms with van der Waals surface area (Å²) < 4.78 is 8.12. The fourth-order valence-corrected chi connectivity index (χ4v) is 2.46. The van der Waals surface area contributed by atoms with Crippen LogP contribution in [-0.4, -0.2) is 34.2 Å². The smallest absolute Gasteiger partial charge is 0.191 e. The van der Waals surface area contributed by atoms with Crippen LogP contribution in [0.2, 0.25) is 0 Å². The zero-order chi connectivity index (χ0) is 18.8. The average Bonchev–Trinajstić information content (AvgIpc) is 3.09. The molecule has 0 aliphatic heterocycles. The highest BCUT2D eigenvalue weighted by atomic mass is 127. The van der Waals surface area contributed by atoms with Gasteiger partial charge in [0.2, 0.25) is 0 Å². The van der Waals surface area contributed by atoms with Crippen LogP contribution < -0.4 is 15.4 Å². The maximum absolute atomic E-state index is 6.05. The van der Waals surface area contributed by atoms with Crippen molar-refractivity contribution >= 4 is 29.9 Å². The largest absolute Gasteiger partial charge is 0.488 e. The summed E-state index contributed by atoms with van der Waals surface area (Å²) in [6.45, 7) is 11.4. The molecule has 2 rings (SSSR count). The van der Waals surface area contributed by atoms with Gasteiger partial charge >= 0.3 is 0 Å². The topological polar surface area (TPSA) is 63.5 Å². The number of guanidine groups is 1. The first-order valence-electron chi connectivity index (χ1n) is 9.23. The van der Waals surface area contributed by atoms with Crippen molar-refractivity contribution in [3.05, 3.63) is 48.5 Å². The van der Waals surface area contributed by atoms with E-state index in [1.54, 1.807) is 6.20 Å². The molecule has 0 radical (unpaired) electrons. The van der Waals surface area contributed by atoms with Gasteiger partial charge in [-0.3, -0.25) is 0 Å². The summed E-state index contributed by atoms with van der Waals surface area (Å²) in [5.74, 6) is 1.71. The minimum Gasteiger partial charge on any atom is -0.488 e. The fraction of sp³-hybridized carbons (Fsp3) is 0.500. The number of hydrogen-bond acceptors (Lipinski definition) is 3. The summed E-state index contributed by atoms with van der Waals surface area (Å²) in [6, 6.07) is 8.08. The first kappa shape index (κ1) is 23.3. The number of ether oxygens (including phenoxy) is 1. The van der Waals surface area contributed by atoms with Crippen LogP contribution in [0.3, 0.4) is 0 Å². The molecule has 0 saturated carbocycles. The van der Waals surface area contributed by atoms with Gasteiger partial charge in [-0.15, -0.1) is 24.0 Å². The second-order valence-corrected chi connectivity index (χ2v) is 7.10. The summed E-state index contributed by atoms with van der Waals surface area (Å²) >= 11 is 0. The molecule has 1 aromatic carbocycles. The Morgan fingerprint density at radius 2 is 2.00 bits per heavy atom. The predicted molar refractivity (Wildman–Crippen MR) is 122 cm³/mol.